The third kappa shape index (κ3) is 4.82. The highest BCUT2D eigenvalue weighted by atomic mass is 16.5. The van der Waals surface area contributed by atoms with E-state index in [9.17, 15) is 4.79 Å². The highest BCUT2D eigenvalue weighted by molar-refractivity contribution is 5.75. The van der Waals surface area contributed by atoms with E-state index < -0.39 is 0 Å². The summed E-state index contributed by atoms with van der Waals surface area (Å²) in [6.07, 6.45) is 0. The van der Waals surface area contributed by atoms with Crippen LogP contribution in [0, 0.1) is 11.3 Å². The van der Waals surface area contributed by atoms with Crippen LogP contribution in [0.15, 0.2) is 0 Å². The molecule has 2 heteroatoms. The van der Waals surface area contributed by atoms with Crippen LogP contribution in [0.3, 0.4) is 0 Å². The van der Waals surface area contributed by atoms with Crippen LogP contribution in [0.5, 0.6) is 0 Å². The second kappa shape index (κ2) is 3.74. The van der Waals surface area contributed by atoms with Crippen molar-refractivity contribution in [2.45, 2.75) is 34.6 Å². The summed E-state index contributed by atoms with van der Waals surface area (Å²) in [7, 11) is 0. The van der Waals surface area contributed by atoms with Gasteiger partial charge in [0.1, 0.15) is 0 Å². The molecule has 0 heterocycles. The summed E-state index contributed by atoms with van der Waals surface area (Å²) in [5.41, 5.74) is -0.380. The molecule has 0 saturated carbocycles. The van der Waals surface area contributed by atoms with E-state index in [0.29, 0.717) is 6.61 Å². The quantitative estimate of drug-likeness (QED) is 0.574. The summed E-state index contributed by atoms with van der Waals surface area (Å²) in [5, 5.41) is 0. The smallest absolute Gasteiger partial charge is 0.311 e. The summed E-state index contributed by atoms with van der Waals surface area (Å²) in [4.78, 5) is 11.1. The van der Waals surface area contributed by atoms with Crippen LogP contribution in [0.25, 0.3) is 0 Å². The van der Waals surface area contributed by atoms with E-state index in [4.69, 9.17) is 4.74 Å². The maximum Gasteiger partial charge on any atom is 0.311 e. The normalized spacial score (nSPS) is 11.8. The van der Waals surface area contributed by atoms with E-state index in [2.05, 4.69) is 0 Å². The molecule has 0 atom stereocenters. The maximum atomic E-state index is 11.1. The van der Waals surface area contributed by atoms with Gasteiger partial charge in [-0.15, -0.1) is 0 Å². The lowest BCUT2D eigenvalue weighted by atomic mass is 9.97. The van der Waals surface area contributed by atoms with E-state index >= 15 is 0 Å². The van der Waals surface area contributed by atoms with Gasteiger partial charge in [0.2, 0.25) is 0 Å². The fourth-order valence-corrected chi connectivity index (χ4v) is 0.426. The number of ether oxygens (including phenoxy) is 1. The number of rotatable bonds is 2. The minimum Gasteiger partial charge on any atom is -0.465 e. The largest absolute Gasteiger partial charge is 0.465 e. The zero-order valence-electron chi connectivity index (χ0n) is 8.02. The average Bonchev–Trinajstić information content (AvgIpc) is 1.80. The molecule has 0 unspecified atom stereocenters. The monoisotopic (exact) mass is 157 g/mol. The summed E-state index contributed by atoms with van der Waals surface area (Å²) < 4.78 is 4.99. The predicted molar refractivity (Wildman–Crippen MR) is 45.0 cm³/mol. The molecule has 0 saturated heterocycles. The van der Waals surface area contributed by atoms with Crippen LogP contribution in [-0.4, -0.2) is 12.6 Å². The molecule has 2 nitrogen and oxygen atoms in total. The highest BCUT2D eigenvalue weighted by Gasteiger charge is 2.22. The van der Waals surface area contributed by atoms with E-state index in [1.165, 1.54) is 0 Å². The van der Waals surface area contributed by atoms with E-state index in [-0.39, 0.29) is 11.4 Å². The Morgan fingerprint density at radius 2 is 1.73 bits per heavy atom. The predicted octanol–water partition coefficient (Wildman–Crippen LogP) is 2.19. The molecule has 0 spiro atoms. The fourth-order valence-electron chi connectivity index (χ4n) is 0.426. The van der Waals surface area contributed by atoms with E-state index in [1.807, 2.05) is 34.6 Å². The molecule has 65 valence electrons. The Kier molecular flexibility index (Phi) is 3.56. The zero-order valence-corrected chi connectivity index (χ0v) is 8.02. The van der Waals surface area contributed by atoms with Gasteiger partial charge in [-0.2, -0.15) is 0 Å². The van der Waals surface area contributed by atoms with Gasteiger partial charge in [0.25, 0.3) is 0 Å². The van der Waals surface area contributed by atoms with Crippen LogP contribution in [0.4, 0.5) is 0 Å². The van der Waals surface area contributed by atoms with Gasteiger partial charge in [0, 0.05) is 5.92 Å². The molecular formula is C9H17O2. The van der Waals surface area contributed by atoms with E-state index in [1.54, 1.807) is 0 Å². The second-order valence-electron chi connectivity index (χ2n) is 4.03. The van der Waals surface area contributed by atoms with Crippen molar-refractivity contribution in [3.8, 4) is 0 Å². The lowest BCUT2D eigenvalue weighted by Crippen LogP contribution is -2.24. The maximum absolute atomic E-state index is 11.1. The molecule has 0 fully saturated rings. The minimum absolute atomic E-state index is 0.140. The first kappa shape index (κ1) is 10.5. The molecular weight excluding hydrogens is 140 g/mol. The molecule has 1 radical (unpaired) electrons. The van der Waals surface area contributed by atoms with Crippen molar-refractivity contribution in [2.75, 3.05) is 6.61 Å². The van der Waals surface area contributed by atoms with Crippen LogP contribution < -0.4 is 0 Å². The zero-order chi connectivity index (χ0) is 9.07. The Morgan fingerprint density at radius 1 is 1.27 bits per heavy atom. The molecule has 0 aromatic heterocycles. The Labute approximate surface area is 68.9 Å². The van der Waals surface area contributed by atoms with Crippen molar-refractivity contribution < 1.29 is 9.53 Å². The molecule has 0 aliphatic carbocycles. The van der Waals surface area contributed by atoms with Crippen molar-refractivity contribution in [1.29, 1.82) is 0 Å². The lowest BCUT2D eigenvalue weighted by molar-refractivity contribution is -0.152. The van der Waals surface area contributed by atoms with Gasteiger partial charge in [-0.3, -0.25) is 4.79 Å². The third-order valence-corrected chi connectivity index (χ3v) is 1.10. The molecule has 0 aliphatic rings. The van der Waals surface area contributed by atoms with Crippen molar-refractivity contribution in [3.05, 3.63) is 5.92 Å². The molecule has 0 aromatic rings. The van der Waals surface area contributed by atoms with Gasteiger partial charge < -0.3 is 4.74 Å². The fraction of sp³-hybridized carbons (Fsp3) is 0.778. The molecule has 0 rings (SSSR count). The first-order valence-electron chi connectivity index (χ1n) is 3.80. The van der Waals surface area contributed by atoms with Gasteiger partial charge in [-0.1, -0.05) is 13.8 Å². The Balaban J connectivity index is 3.71. The summed E-state index contributed by atoms with van der Waals surface area (Å²) in [6, 6.07) is 0. The Bertz CT molecular complexity index is 131. The number of hydrogen-bond acceptors (Lipinski definition) is 2. The second-order valence-corrected chi connectivity index (χ2v) is 4.03. The molecule has 0 aliphatic heterocycles. The molecule has 0 amide bonds. The van der Waals surface area contributed by atoms with Gasteiger partial charge in [-0.25, -0.2) is 0 Å². The van der Waals surface area contributed by atoms with Gasteiger partial charge in [-0.05, 0) is 20.8 Å². The topological polar surface area (TPSA) is 26.3 Å². The van der Waals surface area contributed by atoms with Crippen LogP contribution in [-0.2, 0) is 9.53 Å². The van der Waals surface area contributed by atoms with Crippen molar-refractivity contribution >= 4 is 5.97 Å². The van der Waals surface area contributed by atoms with E-state index in [0.717, 1.165) is 5.92 Å². The molecule has 0 aromatic carbocycles. The summed E-state index contributed by atoms with van der Waals surface area (Å²) in [6.45, 7) is 9.86. The van der Waals surface area contributed by atoms with Gasteiger partial charge >= 0.3 is 5.97 Å². The SMILES string of the molecule is C[C](C)COC(=O)C(C)(C)C. The standard InChI is InChI=1S/C9H17O2/c1-7(2)6-11-8(10)9(3,4)5/h6H2,1-5H3. The highest BCUT2D eigenvalue weighted by Crippen LogP contribution is 2.15. The van der Waals surface area contributed by atoms with Crippen molar-refractivity contribution in [2.24, 2.45) is 5.41 Å². The number of carbonyl (C=O) groups excluding carboxylic acids is 1. The first-order chi connectivity index (χ1) is 4.84. The Hall–Kier alpha value is -0.530. The van der Waals surface area contributed by atoms with Gasteiger partial charge in [0.05, 0.1) is 12.0 Å². The summed E-state index contributed by atoms with van der Waals surface area (Å²) in [5.74, 6) is 0.973. The lowest BCUT2D eigenvalue weighted by Gasteiger charge is -2.17. The first-order valence-corrected chi connectivity index (χ1v) is 3.80. The summed E-state index contributed by atoms with van der Waals surface area (Å²) >= 11 is 0. The molecule has 0 bridgehead atoms. The van der Waals surface area contributed by atoms with Crippen LogP contribution >= 0.6 is 0 Å². The van der Waals surface area contributed by atoms with Gasteiger partial charge in [0.15, 0.2) is 0 Å². The third-order valence-electron chi connectivity index (χ3n) is 1.10. The molecule has 11 heavy (non-hydrogen) atoms. The average molecular weight is 157 g/mol. The minimum atomic E-state index is -0.380. The molecule has 0 N–H and O–H groups in total. The number of hydrogen-bond donors (Lipinski definition) is 0. The number of carbonyl (C=O) groups is 1. The van der Waals surface area contributed by atoms with Crippen molar-refractivity contribution in [1.82, 2.24) is 0 Å². The Morgan fingerprint density at radius 3 is 2.00 bits per heavy atom. The van der Waals surface area contributed by atoms with Crippen LogP contribution in [0.2, 0.25) is 0 Å². The number of esters is 1. The van der Waals surface area contributed by atoms with Crippen LogP contribution in [0.1, 0.15) is 34.6 Å². The van der Waals surface area contributed by atoms with Crippen molar-refractivity contribution in [3.63, 3.8) is 0 Å².